The zero-order chi connectivity index (χ0) is 32.3. The van der Waals surface area contributed by atoms with E-state index in [4.69, 9.17) is 15.0 Å². The van der Waals surface area contributed by atoms with E-state index in [0.29, 0.717) is 23.0 Å². The van der Waals surface area contributed by atoms with Crippen molar-refractivity contribution < 1.29 is 0 Å². The predicted octanol–water partition coefficient (Wildman–Crippen LogP) is 10.9. The lowest BCUT2D eigenvalue weighted by Gasteiger charge is -2.13. The highest BCUT2D eigenvalue weighted by atomic mass is 15.0. The summed E-state index contributed by atoms with van der Waals surface area (Å²) in [5.74, 6) is 1.89. The van der Waals surface area contributed by atoms with E-state index in [9.17, 15) is 5.26 Å². The molecule has 8 aromatic rings. The fraction of sp³-hybridized carbons (Fsp3) is 0. The van der Waals surface area contributed by atoms with Gasteiger partial charge in [-0.25, -0.2) is 15.0 Å². The van der Waals surface area contributed by atoms with Crippen molar-refractivity contribution in [3.63, 3.8) is 0 Å². The number of hydrogen-bond acceptors (Lipinski definition) is 4. The van der Waals surface area contributed by atoms with Crippen LogP contribution in [0.2, 0.25) is 0 Å². The van der Waals surface area contributed by atoms with Crippen LogP contribution in [0.5, 0.6) is 0 Å². The van der Waals surface area contributed by atoms with E-state index >= 15 is 0 Å². The molecule has 8 rings (SSSR count). The molecule has 224 valence electrons. The number of hydrogen-bond donors (Lipinski definition) is 0. The Morgan fingerprint density at radius 2 is 0.750 bits per heavy atom. The first-order valence-corrected chi connectivity index (χ1v) is 15.8. The highest BCUT2D eigenvalue weighted by molar-refractivity contribution is 6.05. The molecule has 0 bridgehead atoms. The molecule has 4 heteroatoms. The van der Waals surface area contributed by atoms with Crippen LogP contribution in [0.25, 0.3) is 78.3 Å². The van der Waals surface area contributed by atoms with Crippen LogP contribution in [-0.2, 0) is 0 Å². The molecule has 7 aromatic carbocycles. The quantitative estimate of drug-likeness (QED) is 0.187. The fourth-order valence-corrected chi connectivity index (χ4v) is 6.14. The first kappa shape index (κ1) is 28.8. The molecular weight excluding hydrogens is 585 g/mol. The molecule has 0 radical (unpaired) electrons. The van der Waals surface area contributed by atoms with Crippen molar-refractivity contribution in [2.24, 2.45) is 0 Å². The molecule has 1 heterocycles. The standard InChI is InChI=1S/C44H28N4/c45-29-30-18-20-32(21-19-30)38-26-27-39(41-17-8-7-16-40(38)41)33-22-24-35(25-23-33)43-46-42(34-12-5-2-6-13-34)47-44(48-43)37-15-9-14-36(28-37)31-10-3-1-4-11-31/h1-28H. The largest absolute Gasteiger partial charge is 0.208 e. The lowest BCUT2D eigenvalue weighted by molar-refractivity contribution is 1.07. The van der Waals surface area contributed by atoms with E-state index in [-0.39, 0.29) is 0 Å². The molecular formula is C44H28N4. The van der Waals surface area contributed by atoms with Gasteiger partial charge in [0.25, 0.3) is 0 Å². The highest BCUT2D eigenvalue weighted by Crippen LogP contribution is 2.36. The van der Waals surface area contributed by atoms with Gasteiger partial charge in [-0.05, 0) is 62.4 Å². The first-order valence-electron chi connectivity index (χ1n) is 15.8. The van der Waals surface area contributed by atoms with Crippen molar-refractivity contribution >= 4 is 10.8 Å². The number of rotatable bonds is 6. The van der Waals surface area contributed by atoms with Gasteiger partial charge < -0.3 is 0 Å². The zero-order valence-electron chi connectivity index (χ0n) is 26.0. The molecule has 48 heavy (non-hydrogen) atoms. The SMILES string of the molecule is N#Cc1ccc(-c2ccc(-c3ccc(-c4nc(-c5ccccc5)nc(-c5cccc(-c6ccccc6)c5)n4)cc3)c3ccccc23)cc1. The number of nitriles is 1. The first-order chi connectivity index (χ1) is 23.7. The summed E-state index contributed by atoms with van der Waals surface area (Å²) in [5.41, 5.74) is 10.2. The Kier molecular flexibility index (Phi) is 7.54. The van der Waals surface area contributed by atoms with Crippen LogP contribution in [0.15, 0.2) is 170 Å². The fourth-order valence-electron chi connectivity index (χ4n) is 6.14. The van der Waals surface area contributed by atoms with E-state index in [0.717, 1.165) is 55.5 Å². The van der Waals surface area contributed by atoms with Gasteiger partial charge in [-0.3, -0.25) is 0 Å². The third-order valence-corrected chi connectivity index (χ3v) is 8.60. The van der Waals surface area contributed by atoms with Crippen LogP contribution in [0, 0.1) is 11.3 Å². The average Bonchev–Trinajstić information content (AvgIpc) is 3.18. The number of benzene rings is 7. The minimum atomic E-state index is 0.622. The Hall–Kier alpha value is -6.70. The van der Waals surface area contributed by atoms with Crippen molar-refractivity contribution in [2.75, 3.05) is 0 Å². The van der Waals surface area contributed by atoms with Crippen molar-refractivity contribution in [1.29, 1.82) is 5.26 Å². The molecule has 0 N–H and O–H groups in total. The average molecular weight is 613 g/mol. The Morgan fingerprint density at radius 3 is 1.31 bits per heavy atom. The maximum atomic E-state index is 9.25. The lowest BCUT2D eigenvalue weighted by Crippen LogP contribution is -2.00. The second-order valence-electron chi connectivity index (χ2n) is 11.6. The number of aromatic nitrogens is 3. The molecule has 0 aliphatic rings. The van der Waals surface area contributed by atoms with Crippen LogP contribution in [-0.4, -0.2) is 15.0 Å². The zero-order valence-corrected chi connectivity index (χ0v) is 26.0. The Balaban J connectivity index is 1.19. The second kappa shape index (κ2) is 12.6. The van der Waals surface area contributed by atoms with Gasteiger partial charge in [0.1, 0.15) is 0 Å². The van der Waals surface area contributed by atoms with Crippen molar-refractivity contribution in [3.05, 3.63) is 175 Å². The summed E-state index contributed by atoms with van der Waals surface area (Å²) in [6.07, 6.45) is 0. The van der Waals surface area contributed by atoms with E-state index in [1.165, 1.54) is 5.39 Å². The summed E-state index contributed by atoms with van der Waals surface area (Å²) in [4.78, 5) is 14.9. The third kappa shape index (κ3) is 5.62. The smallest absolute Gasteiger partial charge is 0.164 e. The molecule has 0 aliphatic heterocycles. The molecule has 0 saturated carbocycles. The Labute approximate surface area is 279 Å². The Morgan fingerprint density at radius 1 is 0.333 bits per heavy atom. The minimum Gasteiger partial charge on any atom is -0.208 e. The van der Waals surface area contributed by atoms with Crippen molar-refractivity contribution in [3.8, 4) is 73.6 Å². The van der Waals surface area contributed by atoms with Crippen LogP contribution < -0.4 is 0 Å². The van der Waals surface area contributed by atoms with Gasteiger partial charge in [-0.1, -0.05) is 152 Å². The van der Waals surface area contributed by atoms with E-state index in [2.05, 4.69) is 103 Å². The molecule has 0 unspecified atom stereocenters. The topological polar surface area (TPSA) is 62.5 Å². The molecule has 0 amide bonds. The molecule has 0 spiro atoms. The molecule has 0 atom stereocenters. The third-order valence-electron chi connectivity index (χ3n) is 8.60. The maximum Gasteiger partial charge on any atom is 0.164 e. The summed E-state index contributed by atoms with van der Waals surface area (Å²) < 4.78 is 0. The molecule has 0 saturated heterocycles. The molecule has 1 aromatic heterocycles. The molecule has 4 nitrogen and oxygen atoms in total. The minimum absolute atomic E-state index is 0.622. The van der Waals surface area contributed by atoms with Crippen LogP contribution in [0.1, 0.15) is 5.56 Å². The Bertz CT molecular complexity index is 2430. The van der Waals surface area contributed by atoms with Crippen LogP contribution in [0.4, 0.5) is 0 Å². The van der Waals surface area contributed by atoms with Gasteiger partial charge in [-0.2, -0.15) is 5.26 Å². The number of nitrogens with zero attached hydrogens (tertiary/aromatic N) is 4. The maximum absolute atomic E-state index is 9.25. The monoisotopic (exact) mass is 612 g/mol. The van der Waals surface area contributed by atoms with Gasteiger partial charge in [0, 0.05) is 16.7 Å². The lowest BCUT2D eigenvalue weighted by atomic mass is 9.91. The van der Waals surface area contributed by atoms with Gasteiger partial charge in [0.05, 0.1) is 11.6 Å². The molecule has 0 fully saturated rings. The van der Waals surface area contributed by atoms with Crippen LogP contribution >= 0.6 is 0 Å². The predicted molar refractivity (Wildman–Crippen MR) is 195 cm³/mol. The molecule has 0 aliphatic carbocycles. The van der Waals surface area contributed by atoms with Gasteiger partial charge in [0.2, 0.25) is 0 Å². The van der Waals surface area contributed by atoms with E-state index in [1.807, 2.05) is 72.8 Å². The summed E-state index contributed by atoms with van der Waals surface area (Å²) >= 11 is 0. The summed E-state index contributed by atoms with van der Waals surface area (Å²) in [6, 6.07) is 60.0. The van der Waals surface area contributed by atoms with E-state index < -0.39 is 0 Å². The summed E-state index contributed by atoms with van der Waals surface area (Å²) in [5, 5.41) is 11.6. The highest BCUT2D eigenvalue weighted by Gasteiger charge is 2.14. The second-order valence-corrected chi connectivity index (χ2v) is 11.6. The summed E-state index contributed by atoms with van der Waals surface area (Å²) in [7, 11) is 0. The van der Waals surface area contributed by atoms with Gasteiger partial charge in [0.15, 0.2) is 17.5 Å². The van der Waals surface area contributed by atoms with Crippen molar-refractivity contribution in [2.45, 2.75) is 0 Å². The normalized spacial score (nSPS) is 10.9. The van der Waals surface area contributed by atoms with E-state index in [1.54, 1.807) is 0 Å². The van der Waals surface area contributed by atoms with Crippen LogP contribution in [0.3, 0.4) is 0 Å². The van der Waals surface area contributed by atoms with Gasteiger partial charge in [-0.15, -0.1) is 0 Å². The van der Waals surface area contributed by atoms with Gasteiger partial charge >= 0.3 is 0 Å². The summed E-state index contributed by atoms with van der Waals surface area (Å²) in [6.45, 7) is 0. The van der Waals surface area contributed by atoms with Crippen molar-refractivity contribution in [1.82, 2.24) is 15.0 Å². The number of fused-ring (bicyclic) bond motifs is 1.